The van der Waals surface area contributed by atoms with E-state index in [0.29, 0.717) is 18.7 Å². The SMILES string of the molecule is CCOC(=O)C[C@H](C)N1Cc2ncccc2C1=O. The predicted octanol–water partition coefficient (Wildman–Crippen LogP) is 1.38. The Kier molecular flexibility index (Phi) is 3.60. The number of hydrogen-bond acceptors (Lipinski definition) is 4. The highest BCUT2D eigenvalue weighted by Crippen LogP contribution is 2.23. The fourth-order valence-corrected chi connectivity index (χ4v) is 2.07. The van der Waals surface area contributed by atoms with Crippen LogP contribution in [0.3, 0.4) is 0 Å². The highest BCUT2D eigenvalue weighted by Gasteiger charge is 2.32. The molecule has 96 valence electrons. The number of pyridine rings is 1. The molecule has 0 aromatic carbocycles. The van der Waals surface area contributed by atoms with Crippen molar-refractivity contribution in [2.75, 3.05) is 6.61 Å². The van der Waals surface area contributed by atoms with Crippen LogP contribution in [0.5, 0.6) is 0 Å². The first kappa shape index (κ1) is 12.5. The number of carbonyl (C=O) groups is 2. The fraction of sp³-hybridized carbons (Fsp3) is 0.462. The average molecular weight is 248 g/mol. The van der Waals surface area contributed by atoms with Crippen LogP contribution < -0.4 is 0 Å². The van der Waals surface area contributed by atoms with Gasteiger partial charge in [-0.2, -0.15) is 0 Å². The van der Waals surface area contributed by atoms with Crippen molar-refractivity contribution >= 4 is 11.9 Å². The Bertz CT molecular complexity index is 473. The summed E-state index contributed by atoms with van der Waals surface area (Å²) < 4.78 is 4.89. The Morgan fingerprint density at radius 2 is 2.39 bits per heavy atom. The van der Waals surface area contributed by atoms with Crippen LogP contribution in [0.1, 0.15) is 36.3 Å². The van der Waals surface area contributed by atoms with Crippen molar-refractivity contribution in [1.82, 2.24) is 9.88 Å². The lowest BCUT2D eigenvalue weighted by Crippen LogP contribution is -2.35. The lowest BCUT2D eigenvalue weighted by molar-refractivity contribution is -0.144. The Hall–Kier alpha value is -1.91. The third-order valence-electron chi connectivity index (χ3n) is 3.00. The number of aromatic nitrogens is 1. The highest BCUT2D eigenvalue weighted by atomic mass is 16.5. The van der Waals surface area contributed by atoms with Crippen LogP contribution in [0.4, 0.5) is 0 Å². The van der Waals surface area contributed by atoms with Crippen LogP contribution in [0.15, 0.2) is 18.3 Å². The van der Waals surface area contributed by atoms with E-state index < -0.39 is 0 Å². The number of fused-ring (bicyclic) bond motifs is 1. The van der Waals surface area contributed by atoms with Crippen LogP contribution >= 0.6 is 0 Å². The first-order valence-electron chi connectivity index (χ1n) is 6.04. The Morgan fingerprint density at radius 1 is 1.61 bits per heavy atom. The van der Waals surface area contributed by atoms with Crippen molar-refractivity contribution in [2.45, 2.75) is 32.9 Å². The van der Waals surface area contributed by atoms with Crippen molar-refractivity contribution in [2.24, 2.45) is 0 Å². The minimum Gasteiger partial charge on any atom is -0.466 e. The molecular formula is C13H16N2O3. The lowest BCUT2D eigenvalue weighted by atomic mass is 10.2. The average Bonchev–Trinajstić information content (AvgIpc) is 2.68. The maximum atomic E-state index is 12.1. The minimum absolute atomic E-state index is 0.0603. The Labute approximate surface area is 106 Å². The standard InChI is InChI=1S/C13H16N2O3/c1-3-18-12(16)7-9(2)15-8-11-10(13(15)17)5-4-6-14-11/h4-6,9H,3,7-8H2,1-2H3/t9-/m0/s1. The summed E-state index contributed by atoms with van der Waals surface area (Å²) >= 11 is 0. The molecule has 0 saturated heterocycles. The van der Waals surface area contributed by atoms with Gasteiger partial charge in [-0.3, -0.25) is 14.6 Å². The quantitative estimate of drug-likeness (QED) is 0.755. The van der Waals surface area contributed by atoms with Gasteiger partial charge in [0.2, 0.25) is 0 Å². The van der Waals surface area contributed by atoms with Gasteiger partial charge in [-0.1, -0.05) is 0 Å². The van der Waals surface area contributed by atoms with Crippen LogP contribution in [-0.2, 0) is 16.1 Å². The van der Waals surface area contributed by atoms with Gasteiger partial charge < -0.3 is 9.64 Å². The predicted molar refractivity (Wildman–Crippen MR) is 64.8 cm³/mol. The molecule has 1 amide bonds. The molecule has 0 N–H and O–H groups in total. The normalized spacial score (nSPS) is 15.4. The molecule has 1 aliphatic heterocycles. The van der Waals surface area contributed by atoms with E-state index in [1.807, 2.05) is 6.92 Å². The van der Waals surface area contributed by atoms with E-state index in [1.54, 1.807) is 30.2 Å². The second-order valence-corrected chi connectivity index (χ2v) is 4.29. The summed E-state index contributed by atoms with van der Waals surface area (Å²) in [5.41, 5.74) is 1.41. The van der Waals surface area contributed by atoms with E-state index in [-0.39, 0.29) is 24.3 Å². The zero-order valence-corrected chi connectivity index (χ0v) is 10.5. The third-order valence-corrected chi connectivity index (χ3v) is 3.00. The lowest BCUT2D eigenvalue weighted by Gasteiger charge is -2.23. The van der Waals surface area contributed by atoms with Crippen molar-refractivity contribution in [3.63, 3.8) is 0 Å². The van der Waals surface area contributed by atoms with Crippen LogP contribution in [0.2, 0.25) is 0 Å². The minimum atomic E-state index is -0.276. The molecule has 0 fully saturated rings. The zero-order chi connectivity index (χ0) is 13.1. The van der Waals surface area contributed by atoms with Gasteiger partial charge >= 0.3 is 5.97 Å². The second kappa shape index (κ2) is 5.16. The van der Waals surface area contributed by atoms with Gasteiger partial charge in [0, 0.05) is 12.2 Å². The van der Waals surface area contributed by atoms with Gasteiger partial charge in [-0.25, -0.2) is 0 Å². The third kappa shape index (κ3) is 2.34. The van der Waals surface area contributed by atoms with Gasteiger partial charge in [0.15, 0.2) is 0 Å². The Balaban J connectivity index is 2.04. The van der Waals surface area contributed by atoms with Crippen molar-refractivity contribution in [1.29, 1.82) is 0 Å². The number of ether oxygens (including phenoxy) is 1. The fourth-order valence-electron chi connectivity index (χ4n) is 2.07. The molecule has 1 aliphatic rings. The summed E-state index contributed by atoms with van der Waals surface area (Å²) in [6.07, 6.45) is 1.89. The van der Waals surface area contributed by atoms with E-state index in [2.05, 4.69) is 4.98 Å². The van der Waals surface area contributed by atoms with Crippen LogP contribution in [0, 0.1) is 0 Å². The molecule has 0 spiro atoms. The van der Waals surface area contributed by atoms with E-state index >= 15 is 0 Å². The zero-order valence-electron chi connectivity index (χ0n) is 10.5. The summed E-state index contributed by atoms with van der Waals surface area (Å²) in [5, 5.41) is 0. The molecule has 0 saturated carbocycles. The molecule has 2 rings (SSSR count). The first-order valence-corrected chi connectivity index (χ1v) is 6.04. The molecule has 2 heterocycles. The van der Waals surface area contributed by atoms with E-state index in [9.17, 15) is 9.59 Å². The van der Waals surface area contributed by atoms with Crippen molar-refractivity contribution < 1.29 is 14.3 Å². The van der Waals surface area contributed by atoms with Gasteiger partial charge in [0.25, 0.3) is 5.91 Å². The van der Waals surface area contributed by atoms with Gasteiger partial charge in [-0.05, 0) is 26.0 Å². The van der Waals surface area contributed by atoms with Crippen LogP contribution in [0.25, 0.3) is 0 Å². The maximum absolute atomic E-state index is 12.1. The molecule has 0 unspecified atom stereocenters. The molecule has 0 bridgehead atoms. The van der Waals surface area contributed by atoms with E-state index in [1.165, 1.54) is 0 Å². The maximum Gasteiger partial charge on any atom is 0.307 e. The summed E-state index contributed by atoms with van der Waals surface area (Å²) in [7, 11) is 0. The summed E-state index contributed by atoms with van der Waals surface area (Å²) in [6, 6.07) is 3.34. The largest absolute Gasteiger partial charge is 0.466 e. The number of esters is 1. The molecular weight excluding hydrogens is 232 g/mol. The second-order valence-electron chi connectivity index (χ2n) is 4.29. The molecule has 0 radical (unpaired) electrons. The molecule has 5 heteroatoms. The molecule has 1 aromatic rings. The highest BCUT2D eigenvalue weighted by molar-refractivity contribution is 5.98. The van der Waals surface area contributed by atoms with Gasteiger partial charge in [0.1, 0.15) is 0 Å². The van der Waals surface area contributed by atoms with E-state index in [4.69, 9.17) is 4.74 Å². The van der Waals surface area contributed by atoms with Gasteiger partial charge in [0.05, 0.1) is 30.8 Å². The van der Waals surface area contributed by atoms with Crippen molar-refractivity contribution in [3.8, 4) is 0 Å². The first-order chi connectivity index (χ1) is 8.63. The topological polar surface area (TPSA) is 59.5 Å². The smallest absolute Gasteiger partial charge is 0.307 e. The monoisotopic (exact) mass is 248 g/mol. The van der Waals surface area contributed by atoms with E-state index in [0.717, 1.165) is 5.69 Å². The molecule has 1 atom stereocenters. The number of rotatable bonds is 4. The summed E-state index contributed by atoms with van der Waals surface area (Å²) in [4.78, 5) is 29.4. The van der Waals surface area contributed by atoms with Crippen LogP contribution in [-0.4, -0.2) is 34.4 Å². The molecule has 0 aliphatic carbocycles. The summed E-state index contributed by atoms with van der Waals surface area (Å²) in [6.45, 7) is 4.45. The molecule has 5 nitrogen and oxygen atoms in total. The summed E-state index contributed by atoms with van der Waals surface area (Å²) in [5.74, 6) is -0.336. The van der Waals surface area contributed by atoms with Crippen molar-refractivity contribution in [3.05, 3.63) is 29.6 Å². The molecule has 18 heavy (non-hydrogen) atoms. The molecule has 1 aromatic heterocycles. The van der Waals surface area contributed by atoms with Gasteiger partial charge in [-0.15, -0.1) is 0 Å². The number of amides is 1. The Morgan fingerprint density at radius 3 is 3.06 bits per heavy atom. The number of carbonyl (C=O) groups excluding carboxylic acids is 2. The number of nitrogens with zero attached hydrogens (tertiary/aromatic N) is 2. The number of hydrogen-bond donors (Lipinski definition) is 0.